The van der Waals surface area contributed by atoms with E-state index in [0.29, 0.717) is 6.04 Å². The van der Waals surface area contributed by atoms with Crippen molar-refractivity contribution in [2.75, 3.05) is 20.3 Å². The first kappa shape index (κ1) is 13.8. The van der Waals surface area contributed by atoms with Gasteiger partial charge in [-0.05, 0) is 38.4 Å². The molecule has 0 aliphatic heterocycles. The van der Waals surface area contributed by atoms with Crippen LogP contribution in [0.25, 0.3) is 0 Å². The second-order valence-electron chi connectivity index (χ2n) is 4.17. The van der Waals surface area contributed by atoms with Crippen molar-refractivity contribution in [3.05, 3.63) is 24.3 Å². The second-order valence-corrected chi connectivity index (χ2v) is 4.17. The predicted molar refractivity (Wildman–Crippen MR) is 70.9 cm³/mol. The van der Waals surface area contributed by atoms with E-state index in [0.717, 1.165) is 31.1 Å². The Morgan fingerprint density at radius 3 is 2.76 bits per heavy atom. The molecule has 0 spiro atoms. The molecule has 1 rings (SSSR count). The molecule has 3 heteroatoms. The van der Waals surface area contributed by atoms with Crippen molar-refractivity contribution in [3.8, 4) is 11.5 Å². The van der Waals surface area contributed by atoms with Crippen molar-refractivity contribution in [3.63, 3.8) is 0 Å². The molecular formula is C14H23NO2. The normalized spacial score (nSPS) is 12.2. The summed E-state index contributed by atoms with van der Waals surface area (Å²) in [6.07, 6.45) is 2.18. The summed E-state index contributed by atoms with van der Waals surface area (Å²) < 4.78 is 10.8. The van der Waals surface area contributed by atoms with E-state index in [2.05, 4.69) is 19.2 Å². The summed E-state index contributed by atoms with van der Waals surface area (Å²) in [6.45, 7) is 6.16. The fourth-order valence-corrected chi connectivity index (χ4v) is 1.54. The van der Waals surface area contributed by atoms with E-state index in [4.69, 9.17) is 9.47 Å². The number of methoxy groups -OCH3 is 1. The van der Waals surface area contributed by atoms with Gasteiger partial charge >= 0.3 is 0 Å². The third-order valence-electron chi connectivity index (χ3n) is 2.60. The third kappa shape index (κ3) is 5.59. The van der Waals surface area contributed by atoms with Crippen molar-refractivity contribution in [2.45, 2.75) is 32.7 Å². The zero-order chi connectivity index (χ0) is 12.5. The molecule has 17 heavy (non-hydrogen) atoms. The second kappa shape index (κ2) is 7.96. The Hall–Kier alpha value is -1.22. The molecule has 1 aromatic carbocycles. The topological polar surface area (TPSA) is 30.5 Å². The summed E-state index contributed by atoms with van der Waals surface area (Å²) in [5.41, 5.74) is 0. The number of benzene rings is 1. The molecule has 96 valence electrons. The monoisotopic (exact) mass is 237 g/mol. The Bertz CT molecular complexity index is 315. The van der Waals surface area contributed by atoms with Gasteiger partial charge in [-0.2, -0.15) is 0 Å². The molecule has 0 aliphatic rings. The molecule has 0 bridgehead atoms. The Kier molecular flexibility index (Phi) is 6.48. The minimum Gasteiger partial charge on any atom is -0.497 e. The van der Waals surface area contributed by atoms with Crippen molar-refractivity contribution in [1.82, 2.24) is 5.32 Å². The lowest BCUT2D eigenvalue weighted by Crippen LogP contribution is -2.28. The standard InChI is InChI=1S/C14H23NO2/c1-4-9-15-12(2)8-10-17-14-7-5-6-13(11-14)16-3/h5-7,11-12,15H,4,8-10H2,1-3H3. The minimum atomic E-state index is 0.501. The smallest absolute Gasteiger partial charge is 0.122 e. The number of hydrogen-bond acceptors (Lipinski definition) is 3. The maximum Gasteiger partial charge on any atom is 0.122 e. The fourth-order valence-electron chi connectivity index (χ4n) is 1.54. The molecule has 0 fully saturated rings. The summed E-state index contributed by atoms with van der Waals surface area (Å²) in [5, 5.41) is 3.44. The number of hydrogen-bond donors (Lipinski definition) is 1. The average Bonchev–Trinajstić information content (AvgIpc) is 2.36. The lowest BCUT2D eigenvalue weighted by molar-refractivity contribution is 0.288. The highest BCUT2D eigenvalue weighted by Crippen LogP contribution is 2.18. The number of nitrogens with one attached hydrogen (secondary N) is 1. The molecule has 1 atom stereocenters. The highest BCUT2D eigenvalue weighted by molar-refractivity contribution is 5.32. The molecule has 0 radical (unpaired) electrons. The Balaban J connectivity index is 2.25. The van der Waals surface area contributed by atoms with Gasteiger partial charge in [-0.25, -0.2) is 0 Å². The van der Waals surface area contributed by atoms with Gasteiger partial charge in [0.15, 0.2) is 0 Å². The van der Waals surface area contributed by atoms with Crippen LogP contribution in [-0.2, 0) is 0 Å². The maximum absolute atomic E-state index is 5.68. The van der Waals surface area contributed by atoms with Gasteiger partial charge in [0.25, 0.3) is 0 Å². The molecule has 0 saturated carbocycles. The predicted octanol–water partition coefficient (Wildman–Crippen LogP) is 2.85. The zero-order valence-electron chi connectivity index (χ0n) is 11.0. The van der Waals surface area contributed by atoms with Crippen molar-refractivity contribution in [2.24, 2.45) is 0 Å². The third-order valence-corrected chi connectivity index (χ3v) is 2.60. The summed E-state index contributed by atoms with van der Waals surface area (Å²) in [5.74, 6) is 1.70. The van der Waals surface area contributed by atoms with Gasteiger partial charge in [-0.15, -0.1) is 0 Å². The summed E-state index contributed by atoms with van der Waals surface area (Å²) in [4.78, 5) is 0. The summed E-state index contributed by atoms with van der Waals surface area (Å²) in [7, 11) is 1.66. The number of ether oxygens (including phenoxy) is 2. The average molecular weight is 237 g/mol. The van der Waals surface area contributed by atoms with Crippen LogP contribution in [0.15, 0.2) is 24.3 Å². The van der Waals surface area contributed by atoms with Crippen LogP contribution in [0.2, 0.25) is 0 Å². The van der Waals surface area contributed by atoms with Crippen molar-refractivity contribution in [1.29, 1.82) is 0 Å². The van der Waals surface area contributed by atoms with Crippen LogP contribution in [0.5, 0.6) is 11.5 Å². The van der Waals surface area contributed by atoms with E-state index < -0.39 is 0 Å². The molecule has 0 heterocycles. The SMILES string of the molecule is CCCNC(C)CCOc1cccc(OC)c1. The zero-order valence-corrected chi connectivity index (χ0v) is 11.0. The van der Waals surface area contributed by atoms with E-state index >= 15 is 0 Å². The van der Waals surface area contributed by atoms with Gasteiger partial charge in [-0.3, -0.25) is 0 Å². The number of rotatable bonds is 8. The maximum atomic E-state index is 5.68. The molecule has 0 amide bonds. The van der Waals surface area contributed by atoms with Crippen molar-refractivity contribution >= 4 is 0 Å². The molecule has 0 saturated heterocycles. The Morgan fingerprint density at radius 2 is 2.06 bits per heavy atom. The van der Waals surface area contributed by atoms with E-state index in [9.17, 15) is 0 Å². The lowest BCUT2D eigenvalue weighted by atomic mass is 10.2. The quantitative estimate of drug-likeness (QED) is 0.754. The fraction of sp³-hybridized carbons (Fsp3) is 0.571. The van der Waals surface area contributed by atoms with E-state index in [1.807, 2.05) is 24.3 Å². The first-order chi connectivity index (χ1) is 8.26. The molecule has 1 unspecified atom stereocenters. The van der Waals surface area contributed by atoms with Crippen LogP contribution in [0.1, 0.15) is 26.7 Å². The van der Waals surface area contributed by atoms with Crippen molar-refractivity contribution < 1.29 is 9.47 Å². The molecule has 0 aliphatic carbocycles. The summed E-state index contributed by atoms with van der Waals surface area (Å²) >= 11 is 0. The van der Waals surface area contributed by atoms with E-state index in [1.165, 1.54) is 6.42 Å². The van der Waals surface area contributed by atoms with Gasteiger partial charge in [0, 0.05) is 12.1 Å². The minimum absolute atomic E-state index is 0.501. The highest BCUT2D eigenvalue weighted by Gasteiger charge is 2.01. The van der Waals surface area contributed by atoms with Gasteiger partial charge in [-0.1, -0.05) is 13.0 Å². The van der Waals surface area contributed by atoms with E-state index in [-0.39, 0.29) is 0 Å². The van der Waals surface area contributed by atoms with Crippen LogP contribution in [0.4, 0.5) is 0 Å². The first-order valence-electron chi connectivity index (χ1n) is 6.26. The van der Waals surface area contributed by atoms with Gasteiger partial charge in [0.1, 0.15) is 11.5 Å². The van der Waals surface area contributed by atoms with Crippen LogP contribution in [-0.4, -0.2) is 26.3 Å². The Morgan fingerprint density at radius 1 is 1.29 bits per heavy atom. The highest BCUT2D eigenvalue weighted by atomic mass is 16.5. The van der Waals surface area contributed by atoms with Gasteiger partial charge in [0.2, 0.25) is 0 Å². The van der Waals surface area contributed by atoms with Gasteiger partial charge < -0.3 is 14.8 Å². The van der Waals surface area contributed by atoms with Crippen LogP contribution >= 0.6 is 0 Å². The van der Waals surface area contributed by atoms with Crippen LogP contribution in [0.3, 0.4) is 0 Å². The molecule has 0 aromatic heterocycles. The molecule has 3 nitrogen and oxygen atoms in total. The van der Waals surface area contributed by atoms with Crippen LogP contribution in [0, 0.1) is 0 Å². The van der Waals surface area contributed by atoms with E-state index in [1.54, 1.807) is 7.11 Å². The van der Waals surface area contributed by atoms with Gasteiger partial charge in [0.05, 0.1) is 13.7 Å². The lowest BCUT2D eigenvalue weighted by Gasteiger charge is -2.13. The first-order valence-corrected chi connectivity index (χ1v) is 6.26. The summed E-state index contributed by atoms with van der Waals surface area (Å²) in [6, 6.07) is 8.21. The van der Waals surface area contributed by atoms with Crippen LogP contribution < -0.4 is 14.8 Å². The Labute approximate surface area is 104 Å². The largest absolute Gasteiger partial charge is 0.497 e. The molecular weight excluding hydrogens is 214 g/mol. The molecule has 1 N–H and O–H groups in total. The molecule has 1 aromatic rings.